The van der Waals surface area contributed by atoms with Crippen molar-refractivity contribution >= 4 is 0 Å². The number of rotatable bonds is 4. The lowest BCUT2D eigenvalue weighted by Crippen LogP contribution is -2.23. The highest BCUT2D eigenvalue weighted by molar-refractivity contribution is 5.53. The number of hydrogen-bond donors (Lipinski definition) is 0. The van der Waals surface area contributed by atoms with Gasteiger partial charge in [-0.15, -0.1) is 0 Å². The Morgan fingerprint density at radius 1 is 1.04 bits per heavy atom. The van der Waals surface area contributed by atoms with Crippen molar-refractivity contribution in [2.75, 3.05) is 19.8 Å². The Kier molecular flexibility index (Phi) is 4.44. The molecule has 0 amide bonds. The highest BCUT2D eigenvalue weighted by atomic mass is 19.1. The molecular weight excluding hydrogens is 361 g/mol. The Bertz CT molecular complexity index is 973. The molecule has 6 nitrogen and oxygen atoms in total. The van der Waals surface area contributed by atoms with E-state index in [-0.39, 0.29) is 11.9 Å². The van der Waals surface area contributed by atoms with Crippen LogP contribution in [0.2, 0.25) is 0 Å². The third-order valence-corrected chi connectivity index (χ3v) is 5.22. The first-order valence-electron chi connectivity index (χ1n) is 9.48. The molecule has 7 heteroatoms. The molecule has 1 saturated heterocycles. The minimum atomic E-state index is -0.285. The van der Waals surface area contributed by atoms with Crippen LogP contribution >= 0.6 is 0 Å². The predicted octanol–water partition coefficient (Wildman–Crippen LogP) is 3.98. The maximum atomic E-state index is 13.1. The Morgan fingerprint density at radius 3 is 2.71 bits per heavy atom. The first kappa shape index (κ1) is 17.2. The molecule has 2 aliphatic heterocycles. The van der Waals surface area contributed by atoms with Crippen LogP contribution in [0, 0.1) is 5.82 Å². The van der Waals surface area contributed by atoms with Crippen molar-refractivity contribution in [3.63, 3.8) is 0 Å². The van der Waals surface area contributed by atoms with Crippen LogP contribution in [0.15, 0.2) is 47.0 Å². The summed E-state index contributed by atoms with van der Waals surface area (Å²) in [6.45, 7) is 2.72. The minimum Gasteiger partial charge on any atom is -0.486 e. The molecule has 0 saturated carbocycles. The average Bonchev–Trinajstić information content (AvgIpc) is 3.38. The van der Waals surface area contributed by atoms with Crippen LogP contribution in [0.25, 0.3) is 11.4 Å². The molecule has 0 spiro atoms. The molecule has 3 aromatic rings. The molecule has 0 bridgehead atoms. The van der Waals surface area contributed by atoms with Crippen LogP contribution in [0.3, 0.4) is 0 Å². The van der Waals surface area contributed by atoms with E-state index in [1.165, 1.54) is 17.7 Å². The number of hydrogen-bond acceptors (Lipinski definition) is 6. The standard InChI is InChI=1S/C21H20FN3O3/c22-16-6-3-14(4-7-16)21-23-20(28-24-21)13-25-9-1-2-17(25)15-5-8-18-19(12-15)27-11-10-26-18/h3-8,12,17H,1-2,9-11,13H2/t17-/m1/s1. The molecule has 3 heterocycles. The molecule has 144 valence electrons. The largest absolute Gasteiger partial charge is 0.486 e. The molecule has 1 aromatic heterocycles. The van der Waals surface area contributed by atoms with E-state index in [9.17, 15) is 4.39 Å². The summed E-state index contributed by atoms with van der Waals surface area (Å²) in [6, 6.07) is 12.5. The first-order chi connectivity index (χ1) is 13.8. The zero-order chi connectivity index (χ0) is 18.9. The van der Waals surface area contributed by atoms with Crippen LogP contribution in [-0.2, 0) is 6.54 Å². The van der Waals surface area contributed by atoms with Crippen LogP contribution < -0.4 is 9.47 Å². The highest BCUT2D eigenvalue weighted by Gasteiger charge is 2.29. The molecule has 2 aromatic carbocycles. The van der Waals surface area contributed by atoms with Crippen molar-refractivity contribution in [1.29, 1.82) is 0 Å². The van der Waals surface area contributed by atoms with Gasteiger partial charge in [-0.3, -0.25) is 4.90 Å². The van der Waals surface area contributed by atoms with Gasteiger partial charge in [-0.05, 0) is 61.3 Å². The molecule has 0 aliphatic carbocycles. The fourth-order valence-corrected chi connectivity index (χ4v) is 3.87. The van der Waals surface area contributed by atoms with Gasteiger partial charge in [0, 0.05) is 11.6 Å². The van der Waals surface area contributed by atoms with Gasteiger partial charge >= 0.3 is 0 Å². The molecule has 0 N–H and O–H groups in total. The molecule has 5 rings (SSSR count). The first-order valence-corrected chi connectivity index (χ1v) is 9.48. The van der Waals surface area contributed by atoms with Gasteiger partial charge in [0.2, 0.25) is 11.7 Å². The average molecular weight is 381 g/mol. The molecular formula is C21H20FN3O3. The summed E-state index contributed by atoms with van der Waals surface area (Å²) in [5.74, 6) is 2.37. The highest BCUT2D eigenvalue weighted by Crippen LogP contribution is 2.38. The quantitative estimate of drug-likeness (QED) is 0.681. The van der Waals surface area contributed by atoms with E-state index in [1.807, 2.05) is 6.07 Å². The summed E-state index contributed by atoms with van der Waals surface area (Å²) < 4.78 is 29.9. The van der Waals surface area contributed by atoms with Gasteiger partial charge in [-0.1, -0.05) is 11.2 Å². The predicted molar refractivity (Wildman–Crippen MR) is 99.5 cm³/mol. The van der Waals surface area contributed by atoms with Gasteiger partial charge in [-0.25, -0.2) is 4.39 Å². The zero-order valence-electron chi connectivity index (χ0n) is 15.3. The Balaban J connectivity index is 1.33. The lowest BCUT2D eigenvalue weighted by molar-refractivity contribution is 0.170. The van der Waals surface area contributed by atoms with Crippen LogP contribution in [0.4, 0.5) is 4.39 Å². The second kappa shape index (κ2) is 7.24. The van der Waals surface area contributed by atoms with Gasteiger partial charge in [0.25, 0.3) is 0 Å². The summed E-state index contributed by atoms with van der Waals surface area (Å²) in [4.78, 5) is 6.83. The Morgan fingerprint density at radius 2 is 1.86 bits per heavy atom. The van der Waals surface area contributed by atoms with E-state index >= 15 is 0 Å². The van der Waals surface area contributed by atoms with Gasteiger partial charge in [0.05, 0.1) is 6.54 Å². The van der Waals surface area contributed by atoms with Crippen molar-refractivity contribution in [1.82, 2.24) is 15.0 Å². The summed E-state index contributed by atoms with van der Waals surface area (Å²) in [5, 5.41) is 4.04. The summed E-state index contributed by atoms with van der Waals surface area (Å²) in [6.07, 6.45) is 2.18. The summed E-state index contributed by atoms with van der Waals surface area (Å²) in [5.41, 5.74) is 1.95. The van der Waals surface area contributed by atoms with Crippen molar-refractivity contribution in [2.24, 2.45) is 0 Å². The SMILES string of the molecule is Fc1ccc(-c2noc(CN3CCC[C@@H]3c3ccc4c(c3)OCCO4)n2)cc1. The van der Waals surface area contributed by atoms with Crippen LogP contribution in [0.5, 0.6) is 11.5 Å². The normalized spacial score (nSPS) is 19.1. The molecule has 2 aliphatic rings. The number of nitrogens with zero attached hydrogens (tertiary/aromatic N) is 3. The number of halogens is 1. The van der Waals surface area contributed by atoms with E-state index in [0.29, 0.717) is 31.5 Å². The lowest BCUT2D eigenvalue weighted by atomic mass is 10.0. The fourth-order valence-electron chi connectivity index (χ4n) is 3.87. The van der Waals surface area contributed by atoms with Crippen molar-refractivity contribution in [2.45, 2.75) is 25.4 Å². The summed E-state index contributed by atoms with van der Waals surface area (Å²) in [7, 11) is 0. The molecule has 28 heavy (non-hydrogen) atoms. The van der Waals surface area contributed by atoms with Crippen molar-refractivity contribution in [3.05, 3.63) is 59.7 Å². The van der Waals surface area contributed by atoms with Gasteiger partial charge in [0.1, 0.15) is 19.0 Å². The van der Waals surface area contributed by atoms with E-state index in [2.05, 4.69) is 27.2 Å². The fraction of sp³-hybridized carbons (Fsp3) is 0.333. The van der Waals surface area contributed by atoms with E-state index in [1.54, 1.807) is 12.1 Å². The molecule has 0 radical (unpaired) electrons. The smallest absolute Gasteiger partial charge is 0.241 e. The van der Waals surface area contributed by atoms with Crippen molar-refractivity contribution < 1.29 is 18.4 Å². The van der Waals surface area contributed by atoms with E-state index in [0.717, 1.165) is 36.4 Å². The third-order valence-electron chi connectivity index (χ3n) is 5.22. The van der Waals surface area contributed by atoms with Gasteiger partial charge in [-0.2, -0.15) is 4.98 Å². The second-order valence-electron chi connectivity index (χ2n) is 7.05. The monoisotopic (exact) mass is 381 g/mol. The zero-order valence-corrected chi connectivity index (χ0v) is 15.3. The van der Waals surface area contributed by atoms with Gasteiger partial charge in [0.15, 0.2) is 11.5 Å². The van der Waals surface area contributed by atoms with Crippen LogP contribution in [-0.4, -0.2) is 34.8 Å². The molecule has 0 unspecified atom stereocenters. The maximum absolute atomic E-state index is 13.1. The second-order valence-corrected chi connectivity index (χ2v) is 7.05. The number of fused-ring (bicyclic) bond motifs is 1. The molecule has 1 fully saturated rings. The minimum absolute atomic E-state index is 0.275. The number of benzene rings is 2. The van der Waals surface area contributed by atoms with Gasteiger partial charge < -0.3 is 14.0 Å². The Labute approximate surface area is 161 Å². The molecule has 1 atom stereocenters. The van der Waals surface area contributed by atoms with E-state index in [4.69, 9.17) is 14.0 Å². The van der Waals surface area contributed by atoms with E-state index < -0.39 is 0 Å². The number of likely N-dealkylation sites (tertiary alicyclic amines) is 1. The lowest BCUT2D eigenvalue weighted by Gasteiger charge is -2.25. The topological polar surface area (TPSA) is 60.6 Å². The van der Waals surface area contributed by atoms with Crippen LogP contribution in [0.1, 0.15) is 30.3 Å². The number of ether oxygens (including phenoxy) is 2. The Hall–Kier alpha value is -2.93. The van der Waals surface area contributed by atoms with Crippen molar-refractivity contribution in [3.8, 4) is 22.9 Å². The third kappa shape index (κ3) is 3.33. The maximum Gasteiger partial charge on any atom is 0.241 e. The number of aromatic nitrogens is 2. The summed E-state index contributed by atoms with van der Waals surface area (Å²) >= 11 is 0.